The van der Waals surface area contributed by atoms with Crippen molar-refractivity contribution in [2.75, 3.05) is 19.6 Å². The van der Waals surface area contributed by atoms with E-state index >= 15 is 0 Å². The third kappa shape index (κ3) is 1.25. The first-order valence-corrected chi connectivity index (χ1v) is 5.35. The molecular formula is C10H15N3O. The monoisotopic (exact) mass is 193 g/mol. The van der Waals surface area contributed by atoms with Crippen molar-refractivity contribution < 1.29 is 4.42 Å². The lowest BCUT2D eigenvalue weighted by atomic mass is 9.79. The van der Waals surface area contributed by atoms with Crippen LogP contribution in [-0.4, -0.2) is 34.7 Å². The van der Waals surface area contributed by atoms with E-state index in [1.165, 1.54) is 25.9 Å². The summed E-state index contributed by atoms with van der Waals surface area (Å²) in [6.45, 7) is 5.49. The van der Waals surface area contributed by atoms with E-state index in [0.717, 1.165) is 18.4 Å². The Hall–Kier alpha value is -0.900. The van der Waals surface area contributed by atoms with E-state index in [0.29, 0.717) is 11.8 Å². The molecule has 14 heavy (non-hydrogen) atoms. The molecule has 4 nitrogen and oxygen atoms in total. The van der Waals surface area contributed by atoms with Crippen LogP contribution in [0.2, 0.25) is 0 Å². The molecule has 4 rings (SSSR count). The molecule has 0 N–H and O–H groups in total. The molecule has 1 atom stereocenters. The molecule has 2 bridgehead atoms. The Kier molecular flexibility index (Phi) is 1.83. The summed E-state index contributed by atoms with van der Waals surface area (Å²) in [7, 11) is 0. The Morgan fingerprint density at radius 1 is 1.29 bits per heavy atom. The van der Waals surface area contributed by atoms with E-state index in [4.69, 9.17) is 4.42 Å². The van der Waals surface area contributed by atoms with Gasteiger partial charge in [-0.3, -0.25) is 0 Å². The van der Waals surface area contributed by atoms with Crippen molar-refractivity contribution in [2.24, 2.45) is 5.92 Å². The Labute approximate surface area is 83.3 Å². The summed E-state index contributed by atoms with van der Waals surface area (Å²) in [4.78, 5) is 2.50. The fourth-order valence-corrected chi connectivity index (χ4v) is 2.71. The van der Waals surface area contributed by atoms with E-state index < -0.39 is 0 Å². The highest BCUT2D eigenvalue weighted by Gasteiger charge is 2.37. The van der Waals surface area contributed by atoms with E-state index in [9.17, 15) is 0 Å². The van der Waals surface area contributed by atoms with Crippen LogP contribution in [0, 0.1) is 12.8 Å². The van der Waals surface area contributed by atoms with Gasteiger partial charge in [-0.05, 0) is 31.8 Å². The van der Waals surface area contributed by atoms with E-state index in [2.05, 4.69) is 15.1 Å². The first kappa shape index (κ1) is 8.41. The van der Waals surface area contributed by atoms with Crippen LogP contribution in [0.15, 0.2) is 4.42 Å². The van der Waals surface area contributed by atoms with Crippen molar-refractivity contribution in [3.63, 3.8) is 0 Å². The van der Waals surface area contributed by atoms with Crippen LogP contribution in [-0.2, 0) is 0 Å². The average Bonchev–Trinajstić information content (AvgIpc) is 2.66. The van der Waals surface area contributed by atoms with Crippen molar-refractivity contribution in [1.82, 2.24) is 15.1 Å². The standard InChI is InChI=1S/C10H15N3O/c1-7-11-12-10(14-7)9-6-13-4-2-8(9)3-5-13/h8-9H,2-6H2,1H3. The number of fused-ring (bicyclic) bond motifs is 3. The molecule has 0 amide bonds. The van der Waals surface area contributed by atoms with Crippen LogP contribution < -0.4 is 0 Å². The maximum absolute atomic E-state index is 5.53. The van der Waals surface area contributed by atoms with Gasteiger partial charge in [-0.2, -0.15) is 0 Å². The maximum atomic E-state index is 5.53. The third-order valence-electron chi connectivity index (χ3n) is 3.52. The zero-order valence-corrected chi connectivity index (χ0v) is 8.44. The van der Waals surface area contributed by atoms with Crippen molar-refractivity contribution in [3.05, 3.63) is 11.8 Å². The van der Waals surface area contributed by atoms with Gasteiger partial charge in [0.2, 0.25) is 11.8 Å². The minimum atomic E-state index is 0.499. The molecular weight excluding hydrogens is 178 g/mol. The SMILES string of the molecule is Cc1nnc(C2CN3CCC2CC3)o1. The first-order valence-electron chi connectivity index (χ1n) is 5.35. The van der Waals surface area contributed by atoms with Crippen molar-refractivity contribution >= 4 is 0 Å². The van der Waals surface area contributed by atoms with Gasteiger partial charge < -0.3 is 9.32 Å². The van der Waals surface area contributed by atoms with Crippen LogP contribution in [0.5, 0.6) is 0 Å². The molecule has 4 heteroatoms. The van der Waals surface area contributed by atoms with Gasteiger partial charge in [-0.25, -0.2) is 0 Å². The lowest BCUT2D eigenvalue weighted by molar-refractivity contribution is 0.0752. The maximum Gasteiger partial charge on any atom is 0.221 e. The van der Waals surface area contributed by atoms with Gasteiger partial charge in [0.15, 0.2) is 0 Å². The van der Waals surface area contributed by atoms with Gasteiger partial charge in [-0.15, -0.1) is 10.2 Å². The van der Waals surface area contributed by atoms with Crippen molar-refractivity contribution in [3.8, 4) is 0 Å². The molecule has 3 saturated heterocycles. The lowest BCUT2D eigenvalue weighted by Gasteiger charge is -2.43. The molecule has 0 spiro atoms. The molecule has 1 aromatic rings. The Bertz CT molecular complexity index is 328. The molecule has 0 aromatic carbocycles. The molecule has 76 valence electrons. The molecule has 3 fully saturated rings. The third-order valence-corrected chi connectivity index (χ3v) is 3.52. The van der Waals surface area contributed by atoms with Crippen molar-refractivity contribution in [1.29, 1.82) is 0 Å². The smallest absolute Gasteiger partial charge is 0.221 e. The lowest BCUT2D eigenvalue weighted by Crippen LogP contribution is -2.46. The van der Waals surface area contributed by atoms with Crippen LogP contribution in [0.3, 0.4) is 0 Å². The van der Waals surface area contributed by atoms with E-state index in [1.807, 2.05) is 6.92 Å². The summed E-state index contributed by atoms with van der Waals surface area (Å²) in [5, 5.41) is 8.06. The number of aromatic nitrogens is 2. The highest BCUT2D eigenvalue weighted by molar-refractivity contribution is 5.01. The molecule has 0 saturated carbocycles. The summed E-state index contributed by atoms with van der Waals surface area (Å²) in [5.74, 6) is 2.83. The summed E-state index contributed by atoms with van der Waals surface area (Å²) in [5.41, 5.74) is 0. The quantitative estimate of drug-likeness (QED) is 0.671. The van der Waals surface area contributed by atoms with Gasteiger partial charge in [0.1, 0.15) is 0 Å². The van der Waals surface area contributed by atoms with Crippen LogP contribution in [0.4, 0.5) is 0 Å². The molecule has 3 aliphatic heterocycles. The number of hydrogen-bond acceptors (Lipinski definition) is 4. The predicted octanol–water partition coefficient (Wildman–Crippen LogP) is 1.19. The Morgan fingerprint density at radius 2 is 2.07 bits per heavy atom. The van der Waals surface area contributed by atoms with Gasteiger partial charge in [0.05, 0.1) is 5.92 Å². The fourth-order valence-electron chi connectivity index (χ4n) is 2.71. The second-order valence-corrected chi connectivity index (χ2v) is 4.40. The van der Waals surface area contributed by atoms with Gasteiger partial charge in [-0.1, -0.05) is 0 Å². The van der Waals surface area contributed by atoms with Gasteiger partial charge in [0, 0.05) is 13.5 Å². The fraction of sp³-hybridized carbons (Fsp3) is 0.800. The van der Waals surface area contributed by atoms with Gasteiger partial charge >= 0.3 is 0 Å². The minimum absolute atomic E-state index is 0.499. The molecule has 0 radical (unpaired) electrons. The van der Waals surface area contributed by atoms with Crippen molar-refractivity contribution in [2.45, 2.75) is 25.7 Å². The van der Waals surface area contributed by atoms with Crippen LogP contribution >= 0.6 is 0 Å². The molecule has 1 unspecified atom stereocenters. The Morgan fingerprint density at radius 3 is 2.57 bits per heavy atom. The number of nitrogens with zero attached hydrogens (tertiary/aromatic N) is 3. The molecule has 4 heterocycles. The summed E-state index contributed by atoms with van der Waals surface area (Å²) in [6.07, 6.45) is 2.60. The van der Waals surface area contributed by atoms with E-state index in [-0.39, 0.29) is 0 Å². The van der Waals surface area contributed by atoms with Crippen LogP contribution in [0.25, 0.3) is 0 Å². The summed E-state index contributed by atoms with van der Waals surface area (Å²) >= 11 is 0. The zero-order chi connectivity index (χ0) is 9.54. The number of aryl methyl sites for hydroxylation is 1. The summed E-state index contributed by atoms with van der Waals surface area (Å²) in [6, 6.07) is 0. The second-order valence-electron chi connectivity index (χ2n) is 4.40. The first-order chi connectivity index (χ1) is 6.83. The number of rotatable bonds is 1. The number of piperidine rings is 3. The molecule has 0 aliphatic carbocycles. The largest absolute Gasteiger partial charge is 0.425 e. The Balaban J connectivity index is 1.85. The topological polar surface area (TPSA) is 42.2 Å². The summed E-state index contributed by atoms with van der Waals surface area (Å²) < 4.78 is 5.53. The zero-order valence-electron chi connectivity index (χ0n) is 8.44. The van der Waals surface area contributed by atoms with Gasteiger partial charge in [0.25, 0.3) is 0 Å². The predicted molar refractivity (Wildman–Crippen MR) is 50.9 cm³/mol. The minimum Gasteiger partial charge on any atom is -0.425 e. The number of hydrogen-bond donors (Lipinski definition) is 0. The molecule has 1 aromatic heterocycles. The van der Waals surface area contributed by atoms with E-state index in [1.54, 1.807) is 0 Å². The van der Waals surface area contributed by atoms with Crippen LogP contribution in [0.1, 0.15) is 30.5 Å². The second kappa shape index (κ2) is 3.05. The molecule has 3 aliphatic rings. The highest BCUT2D eigenvalue weighted by atomic mass is 16.4. The highest BCUT2D eigenvalue weighted by Crippen LogP contribution is 2.38. The normalized spacial score (nSPS) is 36.2. The average molecular weight is 193 g/mol.